The van der Waals surface area contributed by atoms with Crippen molar-refractivity contribution in [3.63, 3.8) is 0 Å². The molecule has 0 unspecified atom stereocenters. The van der Waals surface area contributed by atoms with Gasteiger partial charge in [-0.2, -0.15) is 0 Å². The molecule has 0 atom stereocenters. The van der Waals surface area contributed by atoms with Crippen LogP contribution in [0.25, 0.3) is 32.7 Å². The van der Waals surface area contributed by atoms with E-state index in [1.807, 2.05) is 38.1 Å². The van der Waals surface area contributed by atoms with Gasteiger partial charge in [-0.3, -0.25) is 0 Å². The van der Waals surface area contributed by atoms with Crippen molar-refractivity contribution in [1.29, 1.82) is 0 Å². The van der Waals surface area contributed by atoms with Crippen LogP contribution in [-0.4, -0.2) is 80.7 Å². The molecule has 246 valence electrons. The third-order valence-electron chi connectivity index (χ3n) is 8.88. The quantitative estimate of drug-likeness (QED) is 0.187. The summed E-state index contributed by atoms with van der Waals surface area (Å²) in [5, 5.41) is 3.45. The summed E-state index contributed by atoms with van der Waals surface area (Å²) in [6, 6.07) is 12.0. The summed E-state index contributed by atoms with van der Waals surface area (Å²) in [5.74, 6) is 2.34. The zero-order chi connectivity index (χ0) is 32.6. The van der Waals surface area contributed by atoms with E-state index in [1.165, 1.54) is 0 Å². The molecule has 4 aromatic carbocycles. The Morgan fingerprint density at radius 3 is 1.07 bits per heavy atom. The second-order valence-corrected chi connectivity index (χ2v) is 11.7. The van der Waals surface area contributed by atoms with Gasteiger partial charge in [0.15, 0.2) is 11.6 Å². The van der Waals surface area contributed by atoms with E-state index in [1.54, 1.807) is 42.7 Å². The molecule has 2 heterocycles. The maximum Gasteiger partial charge on any atom is 0.169 e. The Bertz CT molecular complexity index is 1620. The van der Waals surface area contributed by atoms with Gasteiger partial charge in [-0.1, -0.05) is 0 Å². The fourth-order valence-electron chi connectivity index (χ4n) is 6.72. The van der Waals surface area contributed by atoms with E-state index in [0.717, 1.165) is 43.8 Å². The summed E-state index contributed by atoms with van der Waals surface area (Å²) in [6.45, 7) is 6.04. The van der Waals surface area contributed by atoms with Crippen LogP contribution in [0.2, 0.25) is 0 Å². The van der Waals surface area contributed by atoms with Crippen LogP contribution in [0.4, 0.5) is 0 Å². The predicted molar refractivity (Wildman–Crippen MR) is 174 cm³/mol. The van der Waals surface area contributed by atoms with Gasteiger partial charge in [0, 0.05) is 58.0 Å². The highest BCUT2D eigenvalue weighted by molar-refractivity contribution is 6.13. The van der Waals surface area contributed by atoms with E-state index in [2.05, 4.69) is 12.1 Å². The third kappa shape index (κ3) is 5.64. The Morgan fingerprint density at radius 2 is 0.761 bits per heavy atom. The summed E-state index contributed by atoms with van der Waals surface area (Å²) < 4.78 is 59.7. The van der Waals surface area contributed by atoms with Gasteiger partial charge >= 0.3 is 0 Å². The number of hydrogen-bond donors (Lipinski definition) is 0. The molecule has 4 aromatic rings. The van der Waals surface area contributed by atoms with Crippen LogP contribution >= 0.6 is 0 Å². The zero-order valence-corrected chi connectivity index (χ0v) is 27.8. The Morgan fingerprint density at radius 1 is 0.435 bits per heavy atom. The Balaban J connectivity index is 1.70. The molecule has 0 radical (unpaired) electrons. The third-order valence-corrected chi connectivity index (χ3v) is 8.88. The monoisotopic (exact) mass is 634 g/mol. The topological polar surface area (TPSA) is 92.3 Å². The van der Waals surface area contributed by atoms with E-state index in [0.29, 0.717) is 73.8 Å². The fraction of sp³-hybridized carbons (Fsp3) is 0.444. The van der Waals surface area contributed by atoms with Crippen molar-refractivity contribution in [2.75, 3.05) is 69.1 Å². The molecule has 0 spiro atoms. The molecule has 2 fully saturated rings. The molecule has 0 aromatic heterocycles. The fourth-order valence-corrected chi connectivity index (χ4v) is 6.72. The smallest absolute Gasteiger partial charge is 0.169 e. The SMILES string of the molecule is COc1cc2c(OC)cc(OC)c(-c3c(OC)cc(OC)c4cc(OC)c(CC5(C)OCCO5)cc34)c2cc1CC1(C)OCCO1. The lowest BCUT2D eigenvalue weighted by atomic mass is 9.88. The van der Waals surface area contributed by atoms with Gasteiger partial charge in [0.05, 0.1) is 69.1 Å². The first kappa shape index (κ1) is 32.0. The highest BCUT2D eigenvalue weighted by atomic mass is 16.7. The molecule has 0 bridgehead atoms. The van der Waals surface area contributed by atoms with Crippen LogP contribution in [-0.2, 0) is 31.8 Å². The van der Waals surface area contributed by atoms with E-state index in [-0.39, 0.29) is 0 Å². The average Bonchev–Trinajstić information content (AvgIpc) is 3.70. The molecule has 2 aliphatic rings. The van der Waals surface area contributed by atoms with Gasteiger partial charge in [0.1, 0.15) is 34.5 Å². The Kier molecular flexibility index (Phi) is 8.82. The maximum absolute atomic E-state index is 6.09. The first-order valence-electron chi connectivity index (χ1n) is 15.3. The number of ether oxygens (including phenoxy) is 10. The van der Waals surface area contributed by atoms with Crippen LogP contribution in [0.5, 0.6) is 34.5 Å². The minimum absolute atomic E-state index is 0.478. The lowest BCUT2D eigenvalue weighted by molar-refractivity contribution is -0.140. The highest BCUT2D eigenvalue weighted by Crippen LogP contribution is 2.52. The standard InChI is InChI=1S/C36H42O10/c1-35(43-9-10-44-35)19-21-13-25-23(15-27(21)37-3)29(39-5)17-31(41-7)33(25)34-26-14-22(20-36(2)45-11-12-46-36)28(38-4)16-24(26)30(40-6)18-32(34)42-8/h13-18H,9-12,19-20H2,1-8H3. The Labute approximate surface area is 269 Å². The summed E-state index contributed by atoms with van der Waals surface area (Å²) in [4.78, 5) is 0. The second kappa shape index (κ2) is 12.7. The van der Waals surface area contributed by atoms with Gasteiger partial charge in [-0.15, -0.1) is 0 Å². The molecule has 10 nitrogen and oxygen atoms in total. The van der Waals surface area contributed by atoms with Crippen LogP contribution in [0.3, 0.4) is 0 Å². The minimum atomic E-state index is -0.777. The van der Waals surface area contributed by atoms with Gasteiger partial charge in [-0.05, 0) is 48.9 Å². The van der Waals surface area contributed by atoms with Crippen molar-refractivity contribution >= 4 is 21.5 Å². The normalized spacial score (nSPS) is 17.0. The van der Waals surface area contributed by atoms with Crippen molar-refractivity contribution in [2.24, 2.45) is 0 Å². The summed E-state index contributed by atoms with van der Waals surface area (Å²) in [6.07, 6.45) is 0.955. The number of hydrogen-bond acceptors (Lipinski definition) is 10. The second-order valence-electron chi connectivity index (χ2n) is 11.7. The molecular weight excluding hydrogens is 592 g/mol. The predicted octanol–water partition coefficient (Wildman–Crippen LogP) is 6.32. The molecule has 6 rings (SSSR count). The van der Waals surface area contributed by atoms with E-state index in [9.17, 15) is 0 Å². The summed E-state index contributed by atoms with van der Waals surface area (Å²) in [5.41, 5.74) is 3.47. The van der Waals surface area contributed by atoms with Crippen molar-refractivity contribution < 1.29 is 47.4 Å². The molecule has 0 amide bonds. The summed E-state index contributed by atoms with van der Waals surface area (Å²) in [7, 11) is 9.91. The number of fused-ring (bicyclic) bond motifs is 2. The molecular formula is C36H42O10. The number of rotatable bonds is 11. The number of methoxy groups -OCH3 is 6. The van der Waals surface area contributed by atoms with E-state index >= 15 is 0 Å². The molecule has 0 N–H and O–H groups in total. The van der Waals surface area contributed by atoms with Crippen molar-refractivity contribution in [1.82, 2.24) is 0 Å². The van der Waals surface area contributed by atoms with Gasteiger partial charge < -0.3 is 47.4 Å². The lowest BCUT2D eigenvalue weighted by Crippen LogP contribution is -2.28. The van der Waals surface area contributed by atoms with Gasteiger partial charge in [0.25, 0.3) is 0 Å². The molecule has 0 aliphatic carbocycles. The van der Waals surface area contributed by atoms with Crippen LogP contribution in [0.1, 0.15) is 25.0 Å². The highest BCUT2D eigenvalue weighted by Gasteiger charge is 2.35. The van der Waals surface area contributed by atoms with Crippen LogP contribution in [0, 0.1) is 0 Å². The largest absolute Gasteiger partial charge is 0.496 e. The van der Waals surface area contributed by atoms with Crippen LogP contribution in [0.15, 0.2) is 36.4 Å². The van der Waals surface area contributed by atoms with E-state index < -0.39 is 11.6 Å². The van der Waals surface area contributed by atoms with Crippen molar-refractivity contribution in [3.05, 3.63) is 47.5 Å². The van der Waals surface area contributed by atoms with E-state index in [4.69, 9.17) is 47.4 Å². The van der Waals surface area contributed by atoms with Crippen LogP contribution < -0.4 is 28.4 Å². The number of benzene rings is 4. The van der Waals surface area contributed by atoms with Gasteiger partial charge in [-0.25, -0.2) is 0 Å². The molecule has 2 aliphatic heterocycles. The van der Waals surface area contributed by atoms with Crippen molar-refractivity contribution in [3.8, 4) is 45.6 Å². The summed E-state index contributed by atoms with van der Waals surface area (Å²) >= 11 is 0. The lowest BCUT2D eigenvalue weighted by Gasteiger charge is -2.26. The minimum Gasteiger partial charge on any atom is -0.496 e. The molecule has 10 heteroatoms. The molecule has 2 saturated heterocycles. The zero-order valence-electron chi connectivity index (χ0n) is 27.8. The first-order valence-corrected chi connectivity index (χ1v) is 15.3. The molecule has 0 saturated carbocycles. The molecule has 46 heavy (non-hydrogen) atoms. The van der Waals surface area contributed by atoms with Crippen molar-refractivity contribution in [2.45, 2.75) is 38.3 Å². The van der Waals surface area contributed by atoms with Gasteiger partial charge in [0.2, 0.25) is 0 Å². The first-order chi connectivity index (χ1) is 22.2. The Hall–Kier alpha value is -3.96. The maximum atomic E-state index is 6.09. The average molecular weight is 635 g/mol.